The van der Waals surface area contributed by atoms with Gasteiger partial charge in [0.05, 0.1) is 55.0 Å². The molecule has 50 heavy (non-hydrogen) atoms. The summed E-state index contributed by atoms with van der Waals surface area (Å²) in [5.74, 6) is -0.980. The lowest BCUT2D eigenvalue weighted by Gasteiger charge is -2.11. The van der Waals surface area contributed by atoms with Gasteiger partial charge < -0.3 is 20.9 Å². The zero-order chi connectivity index (χ0) is 35.9. The van der Waals surface area contributed by atoms with E-state index in [1.54, 1.807) is 59.5 Å². The number of aryl methyl sites for hydroxylation is 2. The summed E-state index contributed by atoms with van der Waals surface area (Å²) >= 11 is 0. The minimum absolute atomic E-state index is 0.170. The van der Waals surface area contributed by atoms with E-state index >= 15 is 0 Å². The van der Waals surface area contributed by atoms with Crippen LogP contribution in [0.4, 0.5) is 5.82 Å². The van der Waals surface area contributed by atoms with Crippen LogP contribution in [-0.2, 0) is 24.4 Å². The Balaban J connectivity index is 0.000000189. The first-order chi connectivity index (χ1) is 24.1. The molecule has 6 aromatic rings. The molecule has 6 rings (SSSR count). The molecular weight excluding hydrogens is 642 g/mol. The van der Waals surface area contributed by atoms with Gasteiger partial charge in [0.25, 0.3) is 5.91 Å². The highest BCUT2D eigenvalue weighted by atomic mass is 16.5. The molecule has 0 aliphatic heterocycles. The number of amides is 1. The van der Waals surface area contributed by atoms with Crippen molar-refractivity contribution in [2.45, 2.75) is 40.4 Å². The molecule has 16 nitrogen and oxygen atoms in total. The number of aromatic carboxylic acids is 1. The van der Waals surface area contributed by atoms with E-state index in [1.165, 1.54) is 24.8 Å². The molecule has 258 valence electrons. The first-order valence-electron chi connectivity index (χ1n) is 15.4. The van der Waals surface area contributed by atoms with E-state index in [2.05, 4.69) is 45.4 Å². The number of esters is 1. The molecule has 5 N–H and O–H groups in total. The Morgan fingerprint density at radius 2 is 1.46 bits per heavy atom. The average molecular weight is 680 g/mol. The Hall–Kier alpha value is -6.71. The van der Waals surface area contributed by atoms with E-state index in [0.29, 0.717) is 43.2 Å². The third-order valence-corrected chi connectivity index (χ3v) is 6.97. The lowest BCUT2D eigenvalue weighted by atomic mass is 10.1. The largest absolute Gasteiger partial charge is 0.478 e. The lowest BCUT2D eigenvalue weighted by molar-refractivity contribution is 0.0525. The zero-order valence-electron chi connectivity index (χ0n) is 27.7. The third-order valence-electron chi connectivity index (χ3n) is 6.97. The number of carboxylic acid groups (broad SMARTS) is 1. The van der Waals surface area contributed by atoms with Crippen LogP contribution < -0.4 is 11.1 Å². The van der Waals surface area contributed by atoms with Crippen LogP contribution in [0, 0.1) is 13.8 Å². The normalized spacial score (nSPS) is 10.2. The summed E-state index contributed by atoms with van der Waals surface area (Å²) in [6, 6.07) is 9.37. The number of aromatic nitrogens is 9. The van der Waals surface area contributed by atoms with Gasteiger partial charge in [-0.25, -0.2) is 14.6 Å². The molecule has 0 saturated heterocycles. The predicted octanol–water partition coefficient (Wildman–Crippen LogP) is 3.46. The molecule has 0 fully saturated rings. The topological polar surface area (TPSA) is 222 Å². The second-order valence-corrected chi connectivity index (χ2v) is 10.7. The van der Waals surface area contributed by atoms with Crippen LogP contribution in [0.5, 0.6) is 0 Å². The summed E-state index contributed by atoms with van der Waals surface area (Å²) < 4.78 is 8.00. The van der Waals surface area contributed by atoms with E-state index in [-0.39, 0.29) is 17.4 Å². The van der Waals surface area contributed by atoms with Crippen LogP contribution in [0.3, 0.4) is 0 Å². The molecule has 0 spiro atoms. The number of anilines is 1. The van der Waals surface area contributed by atoms with Crippen molar-refractivity contribution in [3.05, 3.63) is 137 Å². The summed E-state index contributed by atoms with van der Waals surface area (Å²) in [5, 5.41) is 25.9. The number of hydrogen-bond acceptors (Lipinski definition) is 11. The molecule has 0 aliphatic rings. The number of hydrogen-bond donors (Lipinski definition) is 4. The number of H-pyrrole nitrogens is 1. The van der Waals surface area contributed by atoms with Crippen molar-refractivity contribution >= 4 is 23.7 Å². The number of carbonyl (C=O) groups excluding carboxylic acids is 2. The van der Waals surface area contributed by atoms with Crippen molar-refractivity contribution in [1.29, 1.82) is 0 Å². The number of nitrogens with one attached hydrogen (secondary N) is 2. The fourth-order valence-corrected chi connectivity index (χ4v) is 4.48. The smallest absolute Gasteiger partial charge is 0.341 e. The van der Waals surface area contributed by atoms with Crippen molar-refractivity contribution in [1.82, 2.24) is 50.0 Å². The molecule has 0 unspecified atom stereocenters. The number of nitrogens with two attached hydrogens (primary N) is 1. The summed E-state index contributed by atoms with van der Waals surface area (Å²) in [6.45, 7) is 7.55. The number of pyridine rings is 3. The molecule has 1 amide bonds. The maximum Gasteiger partial charge on any atom is 0.341 e. The maximum absolute atomic E-state index is 12.4. The molecule has 6 aromatic heterocycles. The Labute approximate surface area is 287 Å². The van der Waals surface area contributed by atoms with Gasteiger partial charge in [-0.1, -0.05) is 0 Å². The van der Waals surface area contributed by atoms with Crippen molar-refractivity contribution < 1.29 is 24.2 Å². The van der Waals surface area contributed by atoms with Crippen LogP contribution >= 0.6 is 0 Å². The standard InChI is InChI=1S/C18H20N6O.C10H9N3O2.C6H8N2O2/c1-12-7-17(19)23-13(2)16(12)9-21-18(25)15-8-22-24(11-15)10-14-3-5-20-6-4-14;14-10(15)9-5-12-13(7-9)6-8-1-3-11-4-2-8;1-2-10-6(9)5-3-7-8-4-5/h3-8,11H,9-10H2,1-2H3,(H2,19,23)(H,21,25);1-5,7H,6H2,(H,14,15);3-4H,2H2,1H3,(H,7,8). The fraction of sp³-hybridized carbons (Fsp3) is 0.206. The first-order valence-corrected chi connectivity index (χ1v) is 15.4. The van der Waals surface area contributed by atoms with Gasteiger partial charge in [0.2, 0.25) is 0 Å². The second-order valence-electron chi connectivity index (χ2n) is 10.7. The average Bonchev–Trinajstić information content (AvgIpc) is 3.89. The van der Waals surface area contributed by atoms with Gasteiger partial charge in [0, 0.05) is 55.6 Å². The SMILES string of the molecule is CCOC(=O)c1cn[nH]c1.Cc1cc(N)nc(C)c1CNC(=O)c1cnn(Cc2ccncc2)c1.O=C(O)c1cnn(Cc2ccncc2)c1. The Morgan fingerprint density at radius 3 is 1.96 bits per heavy atom. The lowest BCUT2D eigenvalue weighted by Crippen LogP contribution is -2.23. The number of carboxylic acids is 1. The van der Waals surface area contributed by atoms with Gasteiger partial charge >= 0.3 is 11.9 Å². The van der Waals surface area contributed by atoms with Crippen molar-refractivity contribution in [3.8, 4) is 0 Å². The molecule has 0 bridgehead atoms. The summed E-state index contributed by atoms with van der Waals surface area (Å²) in [7, 11) is 0. The van der Waals surface area contributed by atoms with Crippen LogP contribution in [0.15, 0.2) is 92.3 Å². The number of aromatic amines is 1. The van der Waals surface area contributed by atoms with Crippen LogP contribution in [0.2, 0.25) is 0 Å². The Kier molecular flexibility index (Phi) is 13.0. The van der Waals surface area contributed by atoms with Crippen molar-refractivity contribution in [3.63, 3.8) is 0 Å². The van der Waals surface area contributed by atoms with Crippen LogP contribution in [-0.4, -0.2) is 74.3 Å². The molecule has 6 heterocycles. The van der Waals surface area contributed by atoms with Crippen molar-refractivity contribution in [2.75, 3.05) is 12.3 Å². The minimum Gasteiger partial charge on any atom is -0.478 e. The fourth-order valence-electron chi connectivity index (χ4n) is 4.48. The molecule has 0 aromatic carbocycles. The molecule has 0 aliphatic carbocycles. The Morgan fingerprint density at radius 1 is 0.880 bits per heavy atom. The number of nitrogen functional groups attached to an aromatic ring is 1. The molecule has 0 radical (unpaired) electrons. The molecule has 0 saturated carbocycles. The van der Waals surface area contributed by atoms with Gasteiger partial charge in [-0.05, 0) is 73.4 Å². The second kappa shape index (κ2) is 18.0. The summed E-state index contributed by atoms with van der Waals surface area (Å²) in [4.78, 5) is 45.9. The van der Waals surface area contributed by atoms with Gasteiger partial charge in [-0.3, -0.25) is 29.2 Å². The van der Waals surface area contributed by atoms with Gasteiger partial charge in [-0.2, -0.15) is 15.3 Å². The highest BCUT2D eigenvalue weighted by molar-refractivity contribution is 5.93. The highest BCUT2D eigenvalue weighted by Crippen LogP contribution is 2.14. The monoisotopic (exact) mass is 679 g/mol. The van der Waals surface area contributed by atoms with E-state index in [4.69, 9.17) is 10.8 Å². The summed E-state index contributed by atoms with van der Waals surface area (Å²) in [6.07, 6.45) is 15.9. The Bertz CT molecular complexity index is 1950. The molecular formula is C34H37N11O5. The minimum atomic E-state index is -0.962. The van der Waals surface area contributed by atoms with E-state index < -0.39 is 5.97 Å². The number of ether oxygens (including phenoxy) is 1. The van der Waals surface area contributed by atoms with E-state index in [0.717, 1.165) is 27.9 Å². The highest BCUT2D eigenvalue weighted by Gasteiger charge is 2.12. The van der Waals surface area contributed by atoms with Gasteiger partial charge in [-0.15, -0.1) is 0 Å². The van der Waals surface area contributed by atoms with Gasteiger partial charge in [0.15, 0.2) is 0 Å². The predicted molar refractivity (Wildman–Crippen MR) is 182 cm³/mol. The zero-order valence-corrected chi connectivity index (χ0v) is 27.7. The summed E-state index contributed by atoms with van der Waals surface area (Å²) in [5.41, 5.74) is 11.8. The number of nitrogens with zero attached hydrogens (tertiary/aromatic N) is 8. The van der Waals surface area contributed by atoms with Crippen molar-refractivity contribution in [2.24, 2.45) is 0 Å². The maximum atomic E-state index is 12.4. The quantitative estimate of drug-likeness (QED) is 0.153. The van der Waals surface area contributed by atoms with Crippen LogP contribution in [0.25, 0.3) is 0 Å². The first kappa shape index (κ1) is 36.1. The molecule has 16 heteroatoms. The van der Waals surface area contributed by atoms with Gasteiger partial charge in [0.1, 0.15) is 5.82 Å². The number of rotatable bonds is 10. The van der Waals surface area contributed by atoms with E-state index in [9.17, 15) is 14.4 Å². The van der Waals surface area contributed by atoms with Crippen LogP contribution in [0.1, 0.15) is 65.9 Å². The third kappa shape index (κ3) is 10.9. The number of carbonyl (C=O) groups is 3. The van der Waals surface area contributed by atoms with E-state index in [1.807, 2.05) is 38.1 Å². The molecule has 0 atom stereocenters.